The second kappa shape index (κ2) is 6.41. The lowest BCUT2D eigenvalue weighted by atomic mass is 10.2. The van der Waals surface area contributed by atoms with E-state index in [2.05, 4.69) is 20.0 Å². The zero-order chi connectivity index (χ0) is 19.4. The third kappa shape index (κ3) is 2.65. The van der Waals surface area contributed by atoms with Gasteiger partial charge in [0, 0.05) is 19.0 Å². The molecule has 2 aliphatic rings. The van der Waals surface area contributed by atoms with Crippen LogP contribution in [0.5, 0.6) is 5.75 Å². The van der Waals surface area contributed by atoms with E-state index in [1.807, 2.05) is 22.6 Å². The summed E-state index contributed by atoms with van der Waals surface area (Å²) in [7, 11) is 1.68. The van der Waals surface area contributed by atoms with Crippen molar-refractivity contribution in [2.45, 2.75) is 18.8 Å². The zero-order valence-electron chi connectivity index (χ0n) is 16.0. The molecule has 6 rings (SSSR count). The first-order valence-electron chi connectivity index (χ1n) is 9.84. The smallest absolute Gasteiger partial charge is 0.230 e. The molecule has 1 aromatic carbocycles. The first-order chi connectivity index (χ1) is 14.3. The molecule has 0 bridgehead atoms. The lowest BCUT2D eigenvalue weighted by Crippen LogP contribution is -2.37. The molecule has 0 N–H and O–H groups in total. The highest BCUT2D eigenvalue weighted by atomic mass is 16.5. The van der Waals surface area contributed by atoms with E-state index in [0.717, 1.165) is 48.4 Å². The van der Waals surface area contributed by atoms with Gasteiger partial charge in [-0.3, -0.25) is 4.40 Å². The highest BCUT2D eigenvalue weighted by Crippen LogP contribution is 2.40. The molecule has 1 saturated carbocycles. The van der Waals surface area contributed by atoms with Crippen LogP contribution in [-0.4, -0.2) is 57.9 Å². The Labute approximate surface area is 166 Å². The fourth-order valence-electron chi connectivity index (χ4n) is 3.89. The van der Waals surface area contributed by atoms with Crippen molar-refractivity contribution in [3.05, 3.63) is 30.4 Å². The van der Waals surface area contributed by atoms with Gasteiger partial charge in [-0.15, -0.1) is 0 Å². The monoisotopic (exact) mass is 392 g/mol. The van der Waals surface area contributed by atoms with Crippen LogP contribution in [-0.2, 0) is 4.74 Å². The number of methoxy groups -OCH3 is 1. The number of nitrogens with zero attached hydrogens (tertiary/aromatic N) is 6. The molecule has 0 radical (unpaired) electrons. The average Bonchev–Trinajstić information content (AvgIpc) is 3.35. The van der Waals surface area contributed by atoms with E-state index in [9.17, 15) is 0 Å². The van der Waals surface area contributed by atoms with Gasteiger partial charge >= 0.3 is 0 Å². The Hall–Kier alpha value is -3.20. The van der Waals surface area contributed by atoms with Crippen LogP contribution >= 0.6 is 0 Å². The van der Waals surface area contributed by atoms with Crippen LogP contribution in [0.1, 0.15) is 24.7 Å². The normalized spacial score (nSPS) is 17.3. The van der Waals surface area contributed by atoms with Crippen LogP contribution < -0.4 is 9.64 Å². The van der Waals surface area contributed by atoms with E-state index < -0.39 is 0 Å². The number of ether oxygens (including phenoxy) is 2. The highest BCUT2D eigenvalue weighted by Gasteiger charge is 2.31. The minimum atomic E-state index is 0.395. The Bertz CT molecular complexity index is 1210. The first kappa shape index (κ1) is 16.7. The van der Waals surface area contributed by atoms with Crippen LogP contribution in [0, 0.1) is 0 Å². The number of hydrogen-bond acceptors (Lipinski definition) is 8. The summed E-state index contributed by atoms with van der Waals surface area (Å²) in [6.45, 7) is 2.89. The fraction of sp³-hybridized carbons (Fsp3) is 0.400. The third-order valence-electron chi connectivity index (χ3n) is 5.55. The molecular weight excluding hydrogens is 372 g/mol. The van der Waals surface area contributed by atoms with Crippen LogP contribution in [0.4, 0.5) is 5.82 Å². The summed E-state index contributed by atoms with van der Waals surface area (Å²) in [4.78, 5) is 16.4. The molecule has 9 nitrogen and oxygen atoms in total. The summed E-state index contributed by atoms with van der Waals surface area (Å²) in [6.07, 6.45) is 3.97. The highest BCUT2D eigenvalue weighted by molar-refractivity contribution is 5.98. The molecule has 0 atom stereocenters. The van der Waals surface area contributed by atoms with Crippen molar-refractivity contribution in [2.24, 2.45) is 0 Å². The largest absolute Gasteiger partial charge is 0.496 e. The summed E-state index contributed by atoms with van der Waals surface area (Å²) >= 11 is 0. The lowest BCUT2D eigenvalue weighted by molar-refractivity contribution is 0.122. The molecule has 3 aromatic heterocycles. The van der Waals surface area contributed by atoms with E-state index in [1.165, 1.54) is 0 Å². The average molecular weight is 392 g/mol. The molecule has 9 heteroatoms. The van der Waals surface area contributed by atoms with Crippen molar-refractivity contribution in [1.29, 1.82) is 0 Å². The fourth-order valence-corrected chi connectivity index (χ4v) is 3.89. The van der Waals surface area contributed by atoms with E-state index in [-0.39, 0.29) is 0 Å². The Kier molecular flexibility index (Phi) is 3.70. The number of fused-ring (bicyclic) bond motifs is 3. The molecule has 0 spiro atoms. The maximum atomic E-state index is 5.66. The number of imidazole rings is 1. The molecule has 4 aromatic rings. The summed E-state index contributed by atoms with van der Waals surface area (Å²) < 4.78 is 18.6. The van der Waals surface area contributed by atoms with Gasteiger partial charge in [0.15, 0.2) is 11.3 Å². The third-order valence-corrected chi connectivity index (χ3v) is 5.55. The van der Waals surface area contributed by atoms with Crippen molar-refractivity contribution in [1.82, 2.24) is 24.5 Å². The van der Waals surface area contributed by atoms with Gasteiger partial charge in [0.05, 0.1) is 31.2 Å². The van der Waals surface area contributed by atoms with Crippen molar-refractivity contribution in [3.8, 4) is 17.3 Å². The SMILES string of the molecule is COc1cccc2c1c(N1CCOCC1)nc1c(-c3noc(C4CC4)n3)ncn12. The van der Waals surface area contributed by atoms with Gasteiger partial charge < -0.3 is 18.9 Å². The number of anilines is 1. The van der Waals surface area contributed by atoms with Gasteiger partial charge in [0.2, 0.25) is 11.7 Å². The number of rotatable bonds is 4. The summed E-state index contributed by atoms with van der Waals surface area (Å²) in [5.41, 5.74) is 2.30. The molecule has 1 aliphatic carbocycles. The van der Waals surface area contributed by atoms with Gasteiger partial charge in [-0.2, -0.15) is 4.98 Å². The van der Waals surface area contributed by atoms with Crippen LogP contribution in [0.25, 0.3) is 28.1 Å². The van der Waals surface area contributed by atoms with Crippen molar-refractivity contribution < 1.29 is 14.0 Å². The van der Waals surface area contributed by atoms with Gasteiger partial charge in [-0.1, -0.05) is 11.2 Å². The second-order valence-electron chi connectivity index (χ2n) is 7.41. The first-order valence-corrected chi connectivity index (χ1v) is 9.84. The molecule has 4 heterocycles. The topological polar surface area (TPSA) is 90.8 Å². The van der Waals surface area contributed by atoms with Crippen LogP contribution in [0.2, 0.25) is 0 Å². The summed E-state index contributed by atoms with van der Waals surface area (Å²) in [5, 5.41) is 5.12. The van der Waals surface area contributed by atoms with E-state index in [4.69, 9.17) is 19.0 Å². The van der Waals surface area contributed by atoms with E-state index >= 15 is 0 Å². The van der Waals surface area contributed by atoms with Crippen molar-refractivity contribution in [2.75, 3.05) is 38.3 Å². The van der Waals surface area contributed by atoms with E-state index in [1.54, 1.807) is 13.4 Å². The molecule has 1 aliphatic heterocycles. The van der Waals surface area contributed by atoms with Crippen LogP contribution in [0.3, 0.4) is 0 Å². The molecular formula is C20H20N6O3. The number of hydrogen-bond donors (Lipinski definition) is 0. The lowest BCUT2D eigenvalue weighted by Gasteiger charge is -2.29. The minimum absolute atomic E-state index is 0.395. The maximum absolute atomic E-state index is 5.66. The molecule has 0 unspecified atom stereocenters. The standard InChI is InChI=1S/C20H20N6O3/c1-27-14-4-2-3-13-15(14)18(25-7-9-28-10-8-25)23-19-16(21-11-26(13)19)17-22-20(29-24-17)12-5-6-12/h2-4,11-12H,5-10H2,1H3. The van der Waals surface area contributed by atoms with Gasteiger partial charge in [0.25, 0.3) is 0 Å². The molecule has 0 amide bonds. The number of morpholine rings is 1. The van der Waals surface area contributed by atoms with E-state index in [0.29, 0.717) is 42.2 Å². The Morgan fingerprint density at radius 3 is 2.79 bits per heavy atom. The Balaban J connectivity index is 1.60. The predicted octanol–water partition coefficient (Wildman–Crippen LogP) is 2.66. The maximum Gasteiger partial charge on any atom is 0.230 e. The minimum Gasteiger partial charge on any atom is -0.496 e. The quantitative estimate of drug-likeness (QED) is 0.524. The molecule has 148 valence electrons. The molecule has 1 saturated heterocycles. The zero-order valence-corrected chi connectivity index (χ0v) is 16.0. The second-order valence-corrected chi connectivity index (χ2v) is 7.41. The Morgan fingerprint density at radius 2 is 2.00 bits per heavy atom. The van der Waals surface area contributed by atoms with Crippen molar-refractivity contribution in [3.63, 3.8) is 0 Å². The number of benzene rings is 1. The van der Waals surface area contributed by atoms with Gasteiger partial charge in [-0.25, -0.2) is 9.97 Å². The van der Waals surface area contributed by atoms with Crippen LogP contribution in [0.15, 0.2) is 29.0 Å². The van der Waals surface area contributed by atoms with Gasteiger partial charge in [-0.05, 0) is 25.0 Å². The molecule has 2 fully saturated rings. The number of aromatic nitrogens is 5. The molecule has 29 heavy (non-hydrogen) atoms. The Morgan fingerprint density at radius 1 is 1.14 bits per heavy atom. The summed E-state index contributed by atoms with van der Waals surface area (Å²) in [6, 6.07) is 5.98. The van der Waals surface area contributed by atoms with Crippen molar-refractivity contribution >= 4 is 22.4 Å². The predicted molar refractivity (Wildman–Crippen MR) is 105 cm³/mol. The summed E-state index contributed by atoms with van der Waals surface area (Å²) in [5.74, 6) is 3.21. The van der Waals surface area contributed by atoms with Gasteiger partial charge in [0.1, 0.15) is 17.9 Å².